The van der Waals surface area contributed by atoms with Gasteiger partial charge in [-0.2, -0.15) is 4.39 Å². The van der Waals surface area contributed by atoms with Crippen molar-refractivity contribution in [1.82, 2.24) is 9.97 Å². The zero-order chi connectivity index (χ0) is 8.48. The molecule has 4 nitrogen and oxygen atoms in total. The summed E-state index contributed by atoms with van der Waals surface area (Å²) in [6.45, 7) is 0. The summed E-state index contributed by atoms with van der Waals surface area (Å²) in [6.07, 6.45) is 2.77. The molecule has 0 aromatic carbocycles. The van der Waals surface area contributed by atoms with Crippen LogP contribution in [0.3, 0.4) is 0 Å². The molecule has 11 heavy (non-hydrogen) atoms. The van der Waals surface area contributed by atoms with Crippen LogP contribution in [0.4, 0.5) is 4.39 Å². The van der Waals surface area contributed by atoms with E-state index in [1.807, 2.05) is 0 Å². The van der Waals surface area contributed by atoms with Crippen molar-refractivity contribution >= 4 is 9.84 Å². The number of aromatic nitrogens is 2. The molecule has 0 unspecified atom stereocenters. The molecule has 60 valence electrons. The zero-order valence-electron chi connectivity index (χ0n) is 5.65. The van der Waals surface area contributed by atoms with Crippen LogP contribution in [0.15, 0.2) is 17.4 Å². The number of nitrogens with zero attached hydrogens (tertiary/aromatic N) is 2. The Labute approximate surface area is 63.0 Å². The van der Waals surface area contributed by atoms with Gasteiger partial charge in [0.15, 0.2) is 9.84 Å². The maximum Gasteiger partial charge on any atom is 0.234 e. The first-order valence-electron chi connectivity index (χ1n) is 2.67. The third-order valence-corrected chi connectivity index (χ3v) is 2.11. The van der Waals surface area contributed by atoms with Gasteiger partial charge in [0.1, 0.15) is 11.2 Å². The first-order chi connectivity index (χ1) is 5.02. The van der Waals surface area contributed by atoms with E-state index in [9.17, 15) is 12.8 Å². The van der Waals surface area contributed by atoms with E-state index in [1.165, 1.54) is 0 Å². The van der Waals surface area contributed by atoms with Crippen LogP contribution in [0, 0.1) is 5.95 Å². The largest absolute Gasteiger partial charge is 0.243 e. The average Bonchev–Trinajstić information content (AvgIpc) is 1.86. The highest BCUT2D eigenvalue weighted by Crippen LogP contribution is 2.08. The highest BCUT2D eigenvalue weighted by molar-refractivity contribution is 7.90. The SMILES string of the molecule is CS(=O)(=O)c1cncnc1F. The summed E-state index contributed by atoms with van der Waals surface area (Å²) < 4.78 is 34.0. The summed E-state index contributed by atoms with van der Waals surface area (Å²) >= 11 is 0. The molecule has 1 heterocycles. The van der Waals surface area contributed by atoms with Crippen molar-refractivity contribution in [1.29, 1.82) is 0 Å². The van der Waals surface area contributed by atoms with Crippen LogP contribution in [-0.2, 0) is 9.84 Å². The van der Waals surface area contributed by atoms with Crippen LogP contribution >= 0.6 is 0 Å². The predicted octanol–water partition coefficient (Wildman–Crippen LogP) is 0.0192. The van der Waals surface area contributed by atoms with Gasteiger partial charge in [-0.25, -0.2) is 18.4 Å². The zero-order valence-corrected chi connectivity index (χ0v) is 6.47. The van der Waals surface area contributed by atoms with Gasteiger partial charge in [0, 0.05) is 6.26 Å². The molecule has 0 fully saturated rings. The van der Waals surface area contributed by atoms with Crippen LogP contribution in [0.1, 0.15) is 0 Å². The van der Waals surface area contributed by atoms with Gasteiger partial charge < -0.3 is 0 Å². The number of hydrogen-bond donors (Lipinski definition) is 0. The second-order valence-corrected chi connectivity index (χ2v) is 3.93. The Morgan fingerprint density at radius 2 is 2.18 bits per heavy atom. The minimum absolute atomic E-state index is 0.472. The summed E-state index contributed by atoms with van der Waals surface area (Å²) in [5.74, 6) is -1.01. The molecule has 0 aliphatic rings. The minimum Gasteiger partial charge on any atom is -0.243 e. The smallest absolute Gasteiger partial charge is 0.234 e. The number of hydrogen-bond acceptors (Lipinski definition) is 4. The van der Waals surface area contributed by atoms with Gasteiger partial charge in [-0.15, -0.1) is 0 Å². The van der Waals surface area contributed by atoms with Gasteiger partial charge >= 0.3 is 0 Å². The Morgan fingerprint density at radius 3 is 2.55 bits per heavy atom. The predicted molar refractivity (Wildman–Crippen MR) is 35.1 cm³/mol. The summed E-state index contributed by atoms with van der Waals surface area (Å²) in [4.78, 5) is 6.00. The third kappa shape index (κ3) is 1.70. The lowest BCUT2D eigenvalue weighted by atomic mass is 10.7. The number of rotatable bonds is 1. The second kappa shape index (κ2) is 2.54. The lowest BCUT2D eigenvalue weighted by Gasteiger charge is -1.95. The van der Waals surface area contributed by atoms with Gasteiger partial charge in [-0.3, -0.25) is 0 Å². The first-order valence-corrected chi connectivity index (χ1v) is 4.56. The molecule has 6 heteroatoms. The van der Waals surface area contributed by atoms with Crippen molar-refractivity contribution in [3.05, 3.63) is 18.5 Å². The molecule has 0 N–H and O–H groups in total. The van der Waals surface area contributed by atoms with E-state index in [2.05, 4.69) is 9.97 Å². The Bertz CT molecular complexity index is 363. The van der Waals surface area contributed by atoms with Crippen LogP contribution < -0.4 is 0 Å². The van der Waals surface area contributed by atoms with Gasteiger partial charge in [0.25, 0.3) is 0 Å². The van der Waals surface area contributed by atoms with Crippen molar-refractivity contribution in [3.8, 4) is 0 Å². The van der Waals surface area contributed by atoms with E-state index in [4.69, 9.17) is 0 Å². The lowest BCUT2D eigenvalue weighted by molar-refractivity contribution is 0.535. The fraction of sp³-hybridized carbons (Fsp3) is 0.200. The van der Waals surface area contributed by atoms with Crippen LogP contribution in [0.5, 0.6) is 0 Å². The quantitative estimate of drug-likeness (QED) is 0.566. The Morgan fingerprint density at radius 1 is 1.55 bits per heavy atom. The molecular formula is C5H5FN2O2S. The van der Waals surface area contributed by atoms with Crippen LogP contribution in [0.25, 0.3) is 0 Å². The minimum atomic E-state index is -3.53. The number of sulfone groups is 1. The Kier molecular flexibility index (Phi) is 1.86. The van der Waals surface area contributed by atoms with Crippen molar-refractivity contribution < 1.29 is 12.8 Å². The Balaban J connectivity index is 3.37. The topological polar surface area (TPSA) is 59.9 Å². The lowest BCUT2D eigenvalue weighted by Crippen LogP contribution is -2.02. The third-order valence-electron chi connectivity index (χ3n) is 1.03. The van der Waals surface area contributed by atoms with Gasteiger partial charge in [-0.1, -0.05) is 0 Å². The Hall–Kier alpha value is -1.04. The molecule has 0 aliphatic carbocycles. The molecule has 0 bridgehead atoms. The summed E-state index contributed by atoms with van der Waals surface area (Å²) in [6, 6.07) is 0. The van der Waals surface area contributed by atoms with Gasteiger partial charge in [0.2, 0.25) is 5.95 Å². The summed E-state index contributed by atoms with van der Waals surface area (Å²) in [5, 5.41) is 0. The summed E-state index contributed by atoms with van der Waals surface area (Å²) in [5.41, 5.74) is 0. The monoisotopic (exact) mass is 176 g/mol. The van der Waals surface area contributed by atoms with E-state index in [0.29, 0.717) is 0 Å². The van der Waals surface area contributed by atoms with E-state index in [-0.39, 0.29) is 0 Å². The molecule has 0 saturated carbocycles. The van der Waals surface area contributed by atoms with Crippen molar-refractivity contribution in [2.24, 2.45) is 0 Å². The summed E-state index contributed by atoms with van der Waals surface area (Å²) in [7, 11) is -3.53. The standard InChI is InChI=1S/C5H5FN2O2S/c1-11(9,10)4-2-7-3-8-5(4)6/h2-3H,1H3. The van der Waals surface area contributed by atoms with Crippen molar-refractivity contribution in [3.63, 3.8) is 0 Å². The normalized spacial score (nSPS) is 11.5. The highest BCUT2D eigenvalue weighted by Gasteiger charge is 2.13. The maximum atomic E-state index is 12.6. The molecular weight excluding hydrogens is 171 g/mol. The van der Waals surface area contributed by atoms with Crippen LogP contribution in [-0.4, -0.2) is 24.6 Å². The highest BCUT2D eigenvalue weighted by atomic mass is 32.2. The molecule has 0 amide bonds. The molecule has 1 aromatic rings. The van der Waals surface area contributed by atoms with Crippen LogP contribution in [0.2, 0.25) is 0 Å². The molecule has 0 aliphatic heterocycles. The van der Waals surface area contributed by atoms with Crippen molar-refractivity contribution in [2.75, 3.05) is 6.26 Å². The van der Waals surface area contributed by atoms with E-state index in [0.717, 1.165) is 18.8 Å². The molecule has 0 saturated heterocycles. The fourth-order valence-electron chi connectivity index (χ4n) is 0.551. The van der Waals surface area contributed by atoms with Crippen molar-refractivity contribution in [2.45, 2.75) is 4.90 Å². The average molecular weight is 176 g/mol. The van der Waals surface area contributed by atoms with E-state index < -0.39 is 20.7 Å². The van der Waals surface area contributed by atoms with Gasteiger partial charge in [0.05, 0.1) is 6.20 Å². The maximum absolute atomic E-state index is 12.6. The fourth-order valence-corrected chi connectivity index (χ4v) is 1.16. The molecule has 1 rings (SSSR count). The van der Waals surface area contributed by atoms with E-state index in [1.54, 1.807) is 0 Å². The first kappa shape index (κ1) is 8.06. The van der Waals surface area contributed by atoms with E-state index >= 15 is 0 Å². The molecule has 0 spiro atoms. The molecule has 1 aromatic heterocycles. The molecule has 0 atom stereocenters. The second-order valence-electron chi connectivity index (χ2n) is 1.95. The van der Waals surface area contributed by atoms with Gasteiger partial charge in [-0.05, 0) is 0 Å². The molecule has 0 radical (unpaired) electrons. The number of halogens is 1.